The molecule has 1 heteroatoms. The fourth-order valence-corrected chi connectivity index (χ4v) is 3.92. The first-order valence-corrected chi connectivity index (χ1v) is 11.4. The van der Waals surface area contributed by atoms with Gasteiger partial charge in [-0.15, -0.1) is 0 Å². The molecule has 0 bridgehead atoms. The van der Waals surface area contributed by atoms with E-state index in [1.165, 1.54) is 77.0 Å². The summed E-state index contributed by atoms with van der Waals surface area (Å²) in [5.41, 5.74) is 0.121. The van der Waals surface area contributed by atoms with Crippen LogP contribution in [0.2, 0.25) is 0 Å². The third-order valence-electron chi connectivity index (χ3n) is 5.59. The van der Waals surface area contributed by atoms with Crippen molar-refractivity contribution in [1.29, 1.82) is 0 Å². The van der Waals surface area contributed by atoms with Crippen molar-refractivity contribution in [1.82, 2.24) is 0 Å². The Bertz CT molecular complexity index is 279. The molecule has 25 heavy (non-hydrogen) atoms. The van der Waals surface area contributed by atoms with Crippen molar-refractivity contribution in [3.63, 3.8) is 0 Å². The smallest absolute Gasteiger partial charge is 0.0662 e. The average molecular weight is 355 g/mol. The minimum Gasteiger partial charge on any atom is -0.369 e. The molecule has 1 nitrogen and oxygen atoms in total. The highest BCUT2D eigenvalue weighted by molar-refractivity contribution is 4.84. The Morgan fingerprint density at radius 2 is 0.920 bits per heavy atom. The monoisotopic (exact) mass is 354 g/mol. The molecule has 0 aliphatic heterocycles. The van der Waals surface area contributed by atoms with Crippen LogP contribution in [0.15, 0.2) is 0 Å². The van der Waals surface area contributed by atoms with Crippen LogP contribution in [-0.2, 0) is 4.74 Å². The topological polar surface area (TPSA) is 9.23 Å². The zero-order chi connectivity index (χ0) is 19.3. The molecule has 0 saturated heterocycles. The largest absolute Gasteiger partial charge is 0.369 e. The molecular weight excluding hydrogens is 304 g/mol. The Labute approximate surface area is 160 Å². The SMILES string of the molecule is CCCCC(C)(CCCC(C)C)OC(C)(CCCC)CCCC(C)C. The predicted molar refractivity (Wildman–Crippen MR) is 114 cm³/mol. The van der Waals surface area contributed by atoms with E-state index in [-0.39, 0.29) is 11.2 Å². The fourth-order valence-electron chi connectivity index (χ4n) is 3.92. The van der Waals surface area contributed by atoms with Crippen molar-refractivity contribution >= 4 is 0 Å². The van der Waals surface area contributed by atoms with Crippen LogP contribution in [-0.4, -0.2) is 11.2 Å². The van der Waals surface area contributed by atoms with Crippen molar-refractivity contribution in [2.24, 2.45) is 11.8 Å². The first kappa shape index (κ1) is 25.0. The summed E-state index contributed by atoms with van der Waals surface area (Å²) >= 11 is 0. The van der Waals surface area contributed by atoms with E-state index in [9.17, 15) is 0 Å². The molecule has 0 aromatic heterocycles. The highest BCUT2D eigenvalue weighted by atomic mass is 16.5. The van der Waals surface area contributed by atoms with Crippen LogP contribution >= 0.6 is 0 Å². The van der Waals surface area contributed by atoms with Crippen LogP contribution in [0.25, 0.3) is 0 Å². The van der Waals surface area contributed by atoms with Crippen LogP contribution < -0.4 is 0 Å². The Morgan fingerprint density at radius 3 is 1.20 bits per heavy atom. The minimum absolute atomic E-state index is 0.0607. The van der Waals surface area contributed by atoms with Crippen LogP contribution in [0.5, 0.6) is 0 Å². The summed E-state index contributed by atoms with van der Waals surface area (Å²) in [6.07, 6.45) is 15.2. The summed E-state index contributed by atoms with van der Waals surface area (Å²) in [6.45, 7) is 18.7. The van der Waals surface area contributed by atoms with E-state index in [1.54, 1.807) is 0 Å². The number of hydrogen-bond donors (Lipinski definition) is 0. The van der Waals surface area contributed by atoms with Crippen LogP contribution in [0.1, 0.15) is 132 Å². The summed E-state index contributed by atoms with van der Waals surface area (Å²) < 4.78 is 6.99. The summed E-state index contributed by atoms with van der Waals surface area (Å²) in [7, 11) is 0. The maximum Gasteiger partial charge on any atom is 0.0662 e. The quantitative estimate of drug-likeness (QED) is 0.270. The number of hydrogen-bond acceptors (Lipinski definition) is 1. The lowest BCUT2D eigenvalue weighted by Crippen LogP contribution is -2.41. The minimum atomic E-state index is 0.0607. The maximum absolute atomic E-state index is 6.99. The number of rotatable bonds is 16. The average Bonchev–Trinajstić information content (AvgIpc) is 2.50. The molecule has 0 aromatic rings. The molecule has 0 radical (unpaired) electrons. The number of unbranched alkanes of at least 4 members (excludes halogenated alkanes) is 2. The molecule has 0 aliphatic carbocycles. The predicted octanol–water partition coefficient (Wildman–Crippen LogP) is 8.55. The zero-order valence-corrected chi connectivity index (χ0v) is 19.0. The van der Waals surface area contributed by atoms with Gasteiger partial charge >= 0.3 is 0 Å². The Morgan fingerprint density at radius 1 is 0.600 bits per heavy atom. The van der Waals surface area contributed by atoms with E-state index < -0.39 is 0 Å². The molecule has 0 aliphatic rings. The van der Waals surface area contributed by atoms with Crippen molar-refractivity contribution in [2.45, 2.75) is 144 Å². The lowest BCUT2D eigenvalue weighted by Gasteiger charge is -2.42. The molecule has 152 valence electrons. The molecule has 0 amide bonds. The van der Waals surface area contributed by atoms with Gasteiger partial charge in [-0.05, 0) is 51.4 Å². The van der Waals surface area contributed by atoms with Crippen LogP contribution in [0.4, 0.5) is 0 Å². The van der Waals surface area contributed by atoms with Crippen molar-refractivity contribution in [3.8, 4) is 0 Å². The summed E-state index contributed by atoms with van der Waals surface area (Å²) in [5, 5.41) is 0. The third kappa shape index (κ3) is 12.9. The van der Waals surface area contributed by atoms with Gasteiger partial charge in [0, 0.05) is 0 Å². The zero-order valence-electron chi connectivity index (χ0n) is 19.0. The number of ether oxygens (including phenoxy) is 1. The van der Waals surface area contributed by atoms with Crippen molar-refractivity contribution < 1.29 is 4.74 Å². The lowest BCUT2D eigenvalue weighted by atomic mass is 9.86. The van der Waals surface area contributed by atoms with Gasteiger partial charge in [0.1, 0.15) is 0 Å². The van der Waals surface area contributed by atoms with E-state index in [2.05, 4.69) is 55.4 Å². The van der Waals surface area contributed by atoms with Crippen LogP contribution in [0.3, 0.4) is 0 Å². The van der Waals surface area contributed by atoms with Gasteiger partial charge in [0.05, 0.1) is 11.2 Å². The molecule has 0 aromatic carbocycles. The molecule has 0 N–H and O–H groups in total. The summed E-state index contributed by atoms with van der Waals surface area (Å²) in [5.74, 6) is 1.60. The molecular formula is C24H50O. The van der Waals surface area contributed by atoms with E-state index in [0.29, 0.717) is 0 Å². The van der Waals surface area contributed by atoms with E-state index in [4.69, 9.17) is 4.74 Å². The third-order valence-corrected chi connectivity index (χ3v) is 5.59. The maximum atomic E-state index is 6.99. The van der Waals surface area contributed by atoms with Gasteiger partial charge in [-0.25, -0.2) is 0 Å². The molecule has 0 heterocycles. The Kier molecular flexibility index (Phi) is 13.2. The van der Waals surface area contributed by atoms with Gasteiger partial charge in [0.15, 0.2) is 0 Å². The van der Waals surface area contributed by atoms with Crippen molar-refractivity contribution in [3.05, 3.63) is 0 Å². The molecule has 2 unspecified atom stereocenters. The highest BCUT2D eigenvalue weighted by Gasteiger charge is 2.34. The van der Waals surface area contributed by atoms with Gasteiger partial charge in [-0.3, -0.25) is 0 Å². The van der Waals surface area contributed by atoms with E-state index in [1.807, 2.05) is 0 Å². The molecule has 0 fully saturated rings. The molecule has 0 rings (SSSR count). The van der Waals surface area contributed by atoms with Gasteiger partial charge in [-0.1, -0.05) is 92.9 Å². The second-order valence-corrected chi connectivity index (χ2v) is 9.78. The second kappa shape index (κ2) is 13.2. The van der Waals surface area contributed by atoms with Gasteiger partial charge < -0.3 is 4.74 Å². The van der Waals surface area contributed by atoms with Gasteiger partial charge in [0.25, 0.3) is 0 Å². The molecule has 0 spiro atoms. The van der Waals surface area contributed by atoms with Crippen LogP contribution in [0, 0.1) is 11.8 Å². The standard InChI is InChI=1S/C24H50O/c1-9-11-17-23(7,19-13-15-21(3)4)25-24(8,18-12-10-2)20-14-16-22(5)6/h21-22H,9-20H2,1-8H3. The lowest BCUT2D eigenvalue weighted by molar-refractivity contribution is -0.157. The van der Waals surface area contributed by atoms with Crippen molar-refractivity contribution in [2.75, 3.05) is 0 Å². The first-order chi connectivity index (χ1) is 11.7. The summed E-state index contributed by atoms with van der Waals surface area (Å²) in [6, 6.07) is 0. The van der Waals surface area contributed by atoms with Gasteiger partial charge in [-0.2, -0.15) is 0 Å². The van der Waals surface area contributed by atoms with Gasteiger partial charge in [0.2, 0.25) is 0 Å². The highest BCUT2D eigenvalue weighted by Crippen LogP contribution is 2.36. The Balaban J connectivity index is 4.93. The second-order valence-electron chi connectivity index (χ2n) is 9.78. The fraction of sp³-hybridized carbons (Fsp3) is 1.00. The first-order valence-electron chi connectivity index (χ1n) is 11.4. The molecule has 2 atom stereocenters. The summed E-state index contributed by atoms with van der Waals surface area (Å²) in [4.78, 5) is 0. The van der Waals surface area contributed by atoms with E-state index in [0.717, 1.165) is 11.8 Å². The van der Waals surface area contributed by atoms with E-state index >= 15 is 0 Å². The molecule has 0 saturated carbocycles. The Hall–Kier alpha value is -0.0400. The normalized spacial score (nSPS) is 17.0.